The molecule has 0 saturated heterocycles. The van der Waals surface area contributed by atoms with E-state index < -0.39 is 12.1 Å². The number of hydrogen-bond donors (Lipinski definition) is 0. The van der Waals surface area contributed by atoms with Crippen LogP contribution in [0.3, 0.4) is 0 Å². The van der Waals surface area contributed by atoms with Gasteiger partial charge in [0.05, 0.1) is 4.92 Å². The summed E-state index contributed by atoms with van der Waals surface area (Å²) in [5, 5.41) is 12.7. The number of nitro benzene ring substituents is 1. The topological polar surface area (TPSA) is 60.2 Å². The van der Waals surface area contributed by atoms with E-state index in [1.807, 2.05) is 36.4 Å². The van der Waals surface area contributed by atoms with Crippen LogP contribution in [0.25, 0.3) is 0 Å². The van der Waals surface area contributed by atoms with Gasteiger partial charge in [-0.3, -0.25) is 10.1 Å². The molecule has 25 heavy (non-hydrogen) atoms. The van der Waals surface area contributed by atoms with E-state index in [4.69, 9.17) is 12.6 Å². The Kier molecular flexibility index (Phi) is 6.21. The molecule has 0 fully saturated rings. The van der Waals surface area contributed by atoms with E-state index in [-0.39, 0.29) is 29.4 Å². The van der Waals surface area contributed by atoms with Crippen molar-refractivity contribution < 1.29 is 28.3 Å². The van der Waals surface area contributed by atoms with Crippen LogP contribution in [0.2, 0.25) is 0 Å². The van der Waals surface area contributed by atoms with Crippen molar-refractivity contribution in [2.45, 2.75) is 4.90 Å². The third kappa shape index (κ3) is 3.71. The summed E-state index contributed by atoms with van der Waals surface area (Å²) in [6.07, 6.45) is 0. The Morgan fingerprint density at radius 1 is 0.840 bits per heavy atom. The van der Waals surface area contributed by atoms with Gasteiger partial charge in [-0.2, -0.15) is 4.90 Å². The molecular weight excluding hydrogens is 348 g/mol. The average Bonchev–Trinajstić information content (AvgIpc) is 2.62. The van der Waals surface area contributed by atoms with Crippen LogP contribution in [-0.2, 0) is 17.2 Å². The van der Waals surface area contributed by atoms with Crippen molar-refractivity contribution in [3.05, 3.63) is 89.0 Å². The Labute approximate surface area is 163 Å². The smallest absolute Gasteiger partial charge is 0.779 e. The van der Waals surface area contributed by atoms with Gasteiger partial charge >= 0.3 is 18.9 Å². The van der Waals surface area contributed by atoms with E-state index in [1.54, 1.807) is 24.3 Å². The van der Waals surface area contributed by atoms with Gasteiger partial charge in [-0.25, -0.2) is 0 Å². The first kappa shape index (κ1) is 19.4. The van der Waals surface area contributed by atoms with Crippen LogP contribution in [-0.4, -0.2) is 4.92 Å². The zero-order valence-electron chi connectivity index (χ0n) is 13.5. The summed E-state index contributed by atoms with van der Waals surface area (Å²) in [4.78, 5) is 10.7. The third-order valence-electron chi connectivity index (χ3n) is 3.73. The maximum atomic E-state index is 14.1. The number of nitro groups is 1. The first-order valence-corrected chi connectivity index (χ1v) is 9.32. The second-order valence-corrected chi connectivity index (χ2v) is 8.36. The molecule has 0 heterocycles. The normalized spacial score (nSPS) is 10.7. The van der Waals surface area contributed by atoms with Crippen LogP contribution in [0.15, 0.2) is 83.8 Å². The summed E-state index contributed by atoms with van der Waals surface area (Å²) >= 11 is 5.33. The van der Waals surface area contributed by atoms with Gasteiger partial charge in [0, 0.05) is 22.0 Å². The fraction of sp³-hybridized carbons (Fsp3) is 0. The predicted molar refractivity (Wildman–Crippen MR) is 98.1 cm³/mol. The van der Waals surface area contributed by atoms with Gasteiger partial charge in [-0.15, -0.1) is 0 Å². The summed E-state index contributed by atoms with van der Waals surface area (Å²) in [6.45, 7) is 0. The van der Waals surface area contributed by atoms with Crippen LogP contribution in [0.4, 0.5) is 5.69 Å². The van der Waals surface area contributed by atoms with Crippen LogP contribution in [0, 0.1) is 10.1 Å². The largest absolute Gasteiger partial charge is 1.00 e. The van der Waals surface area contributed by atoms with Crippen molar-refractivity contribution >= 4 is 41.4 Å². The summed E-state index contributed by atoms with van der Waals surface area (Å²) in [5.41, 5.74) is -0.101. The standard InChI is InChI=1S/C18H14NO3PS.Li/c20-19(21)14-11-12-17(18(24)13-14)23(22,15-7-3-1-4-8-15)16-9-5-2-6-10-16;/h1-13,24H;/q;+1/p-1. The maximum absolute atomic E-state index is 14.1. The van der Waals surface area contributed by atoms with E-state index in [2.05, 4.69) is 0 Å². The maximum Gasteiger partial charge on any atom is 1.00 e. The number of hydrogen-bond acceptors (Lipinski definition) is 4. The van der Waals surface area contributed by atoms with Crippen molar-refractivity contribution in [3.63, 3.8) is 0 Å². The van der Waals surface area contributed by atoms with Crippen molar-refractivity contribution in [2.75, 3.05) is 0 Å². The number of non-ortho nitro benzene ring substituents is 1. The Balaban J connectivity index is 0.00000225. The SMILES string of the molecule is O=[N+]([O-])c1ccc(P(=O)(c2ccccc2)c2ccccc2)c([S-])c1.[Li+]. The van der Waals surface area contributed by atoms with Gasteiger partial charge in [0.1, 0.15) is 0 Å². The molecule has 0 saturated carbocycles. The second-order valence-electron chi connectivity index (χ2n) is 5.19. The zero-order valence-corrected chi connectivity index (χ0v) is 15.2. The molecule has 4 nitrogen and oxygen atoms in total. The Hall–Kier alpha value is -1.89. The molecule has 3 rings (SSSR count). The molecule has 0 aliphatic carbocycles. The summed E-state index contributed by atoms with van der Waals surface area (Å²) < 4.78 is 14.1. The molecule has 0 aliphatic heterocycles. The van der Waals surface area contributed by atoms with Gasteiger partial charge in [-0.05, 0) is 12.1 Å². The monoisotopic (exact) mass is 361 g/mol. The molecule has 0 atom stereocenters. The van der Waals surface area contributed by atoms with Crippen LogP contribution in [0.1, 0.15) is 0 Å². The molecule has 0 N–H and O–H groups in total. The van der Waals surface area contributed by atoms with Crippen molar-refractivity contribution in [2.24, 2.45) is 0 Å². The summed E-state index contributed by atoms with van der Waals surface area (Å²) in [5.74, 6) is 0. The number of nitrogens with zero attached hydrogens (tertiary/aromatic N) is 1. The van der Waals surface area contributed by atoms with Crippen LogP contribution >= 0.6 is 7.14 Å². The van der Waals surface area contributed by atoms with Crippen LogP contribution < -0.4 is 34.8 Å². The van der Waals surface area contributed by atoms with E-state index in [0.29, 0.717) is 15.9 Å². The Bertz CT molecular complexity index is 892. The van der Waals surface area contributed by atoms with Gasteiger partial charge in [-0.1, -0.05) is 60.7 Å². The molecule has 0 aliphatic rings. The first-order valence-electron chi connectivity index (χ1n) is 7.21. The average molecular weight is 361 g/mol. The van der Waals surface area contributed by atoms with E-state index in [9.17, 15) is 14.7 Å². The Morgan fingerprint density at radius 3 is 1.72 bits per heavy atom. The minimum Gasteiger partial charge on any atom is -0.779 e. The molecule has 0 unspecified atom stereocenters. The molecule has 0 bridgehead atoms. The zero-order chi connectivity index (χ0) is 17.2. The van der Waals surface area contributed by atoms with Gasteiger partial charge in [0.25, 0.3) is 5.69 Å². The van der Waals surface area contributed by atoms with E-state index >= 15 is 0 Å². The summed E-state index contributed by atoms with van der Waals surface area (Å²) in [7, 11) is -3.19. The molecule has 0 radical (unpaired) electrons. The first-order chi connectivity index (χ1) is 11.5. The summed E-state index contributed by atoms with van der Waals surface area (Å²) in [6, 6.07) is 22.3. The minimum absolute atomic E-state index is 0. The van der Waals surface area contributed by atoms with Gasteiger partial charge in [0.15, 0.2) is 7.14 Å². The van der Waals surface area contributed by atoms with Crippen molar-refractivity contribution in [1.29, 1.82) is 0 Å². The van der Waals surface area contributed by atoms with Gasteiger partial charge in [0.2, 0.25) is 0 Å². The fourth-order valence-electron chi connectivity index (χ4n) is 2.58. The third-order valence-corrected chi connectivity index (χ3v) is 7.34. The fourth-order valence-corrected chi connectivity index (χ4v) is 5.85. The molecule has 0 amide bonds. The molecule has 3 aromatic rings. The van der Waals surface area contributed by atoms with Crippen LogP contribution in [0.5, 0.6) is 0 Å². The number of rotatable bonds is 4. The van der Waals surface area contributed by atoms with Crippen molar-refractivity contribution in [1.82, 2.24) is 0 Å². The molecule has 0 spiro atoms. The molecule has 120 valence electrons. The van der Waals surface area contributed by atoms with E-state index in [0.717, 1.165) is 0 Å². The number of benzene rings is 3. The van der Waals surface area contributed by atoms with Crippen molar-refractivity contribution in [3.8, 4) is 0 Å². The Morgan fingerprint density at radius 2 is 1.32 bits per heavy atom. The molecule has 7 heteroatoms. The quantitative estimate of drug-likeness (QED) is 0.218. The molecule has 0 aromatic heterocycles. The van der Waals surface area contributed by atoms with E-state index in [1.165, 1.54) is 18.2 Å². The second kappa shape index (κ2) is 7.99. The predicted octanol–water partition coefficient (Wildman–Crippen LogP) is 0.144. The molecular formula is C18H13LiNO3PS. The van der Waals surface area contributed by atoms with Gasteiger partial charge < -0.3 is 17.2 Å². The molecule has 3 aromatic carbocycles. The minimum atomic E-state index is -3.19.